The molecule has 0 bridgehead atoms. The van der Waals surface area contributed by atoms with E-state index >= 15 is 0 Å². The number of nitrogens with one attached hydrogen (secondary N) is 1. The summed E-state index contributed by atoms with van der Waals surface area (Å²) in [5.41, 5.74) is 4.93. The van der Waals surface area contributed by atoms with Crippen molar-refractivity contribution < 1.29 is 14.4 Å². The molecular formula is C6H9N3O3. The maximum absolute atomic E-state index is 10.9. The number of hydrogen-bond acceptors (Lipinski definition) is 3. The number of urea groups is 1. The van der Waals surface area contributed by atoms with Gasteiger partial charge in [0.25, 0.3) is 0 Å². The minimum atomic E-state index is -0.923. The van der Waals surface area contributed by atoms with Crippen LogP contribution >= 0.6 is 0 Å². The Balaban J connectivity index is 2.74. The van der Waals surface area contributed by atoms with E-state index in [9.17, 15) is 14.4 Å². The van der Waals surface area contributed by atoms with E-state index in [1.165, 1.54) is 11.9 Å². The van der Waals surface area contributed by atoms with Crippen molar-refractivity contribution in [3.63, 3.8) is 0 Å². The second-order valence-corrected chi connectivity index (χ2v) is 2.63. The monoisotopic (exact) mass is 171 g/mol. The molecule has 1 unspecified atom stereocenters. The third kappa shape index (κ3) is 1.36. The Morgan fingerprint density at radius 2 is 2.25 bits per heavy atom. The zero-order valence-corrected chi connectivity index (χ0v) is 6.53. The molecule has 6 nitrogen and oxygen atoms in total. The van der Waals surface area contributed by atoms with Gasteiger partial charge in [-0.3, -0.25) is 14.9 Å². The van der Waals surface area contributed by atoms with Crippen LogP contribution in [0.5, 0.6) is 0 Å². The zero-order valence-electron chi connectivity index (χ0n) is 6.53. The second kappa shape index (κ2) is 2.80. The molecule has 0 aromatic heterocycles. The van der Waals surface area contributed by atoms with E-state index in [0.29, 0.717) is 0 Å². The number of imide groups is 1. The Hall–Kier alpha value is -1.59. The predicted octanol–water partition coefficient (Wildman–Crippen LogP) is -1.73. The van der Waals surface area contributed by atoms with Gasteiger partial charge in [-0.2, -0.15) is 0 Å². The summed E-state index contributed by atoms with van der Waals surface area (Å²) in [6.45, 7) is 0.0556. The Kier molecular flexibility index (Phi) is 1.99. The van der Waals surface area contributed by atoms with Gasteiger partial charge in [0.1, 0.15) is 5.92 Å². The molecule has 1 heterocycles. The van der Waals surface area contributed by atoms with E-state index in [4.69, 9.17) is 5.73 Å². The van der Waals surface area contributed by atoms with Crippen molar-refractivity contribution in [2.45, 2.75) is 0 Å². The number of nitrogens with two attached hydrogens (primary N) is 1. The van der Waals surface area contributed by atoms with Crippen LogP contribution in [0.25, 0.3) is 0 Å². The molecule has 12 heavy (non-hydrogen) atoms. The lowest BCUT2D eigenvalue weighted by molar-refractivity contribution is -0.134. The van der Waals surface area contributed by atoms with Crippen LogP contribution in [0.4, 0.5) is 4.79 Å². The van der Waals surface area contributed by atoms with Crippen LogP contribution in [0, 0.1) is 5.92 Å². The summed E-state index contributed by atoms with van der Waals surface area (Å²) < 4.78 is 0. The first-order valence-electron chi connectivity index (χ1n) is 3.37. The number of rotatable bonds is 1. The standard InChI is InChI=1S/C6H9N3O3/c1-9-2-3(4(7)10)5(11)8-6(9)12/h3H,2H2,1H3,(H2,7,10)(H,8,11,12). The van der Waals surface area contributed by atoms with Gasteiger partial charge in [0.2, 0.25) is 11.8 Å². The fourth-order valence-electron chi connectivity index (χ4n) is 0.947. The highest BCUT2D eigenvalue weighted by molar-refractivity contribution is 6.08. The Bertz CT molecular complexity index is 250. The highest BCUT2D eigenvalue weighted by Gasteiger charge is 2.33. The largest absolute Gasteiger partial charge is 0.369 e. The lowest BCUT2D eigenvalue weighted by Gasteiger charge is -2.26. The molecule has 6 heteroatoms. The molecule has 1 saturated heterocycles. The van der Waals surface area contributed by atoms with E-state index in [1.54, 1.807) is 0 Å². The molecule has 0 aromatic carbocycles. The minimum absolute atomic E-state index is 0.0556. The maximum atomic E-state index is 10.9. The van der Waals surface area contributed by atoms with Gasteiger partial charge < -0.3 is 10.6 Å². The average molecular weight is 171 g/mol. The molecule has 4 amide bonds. The molecule has 0 saturated carbocycles. The summed E-state index contributed by atoms with van der Waals surface area (Å²) in [6.07, 6.45) is 0. The maximum Gasteiger partial charge on any atom is 0.323 e. The van der Waals surface area contributed by atoms with Gasteiger partial charge >= 0.3 is 6.03 Å². The molecule has 0 aliphatic carbocycles. The molecule has 1 rings (SSSR count). The van der Waals surface area contributed by atoms with Crippen molar-refractivity contribution in [3.05, 3.63) is 0 Å². The molecule has 1 atom stereocenters. The molecule has 0 radical (unpaired) electrons. The number of amides is 4. The van der Waals surface area contributed by atoms with Gasteiger partial charge in [-0.1, -0.05) is 0 Å². The van der Waals surface area contributed by atoms with Crippen LogP contribution in [0.3, 0.4) is 0 Å². The first-order valence-corrected chi connectivity index (χ1v) is 3.37. The average Bonchev–Trinajstić information content (AvgIpc) is 1.96. The number of nitrogens with zero attached hydrogens (tertiary/aromatic N) is 1. The van der Waals surface area contributed by atoms with Gasteiger partial charge in [-0.15, -0.1) is 0 Å². The summed E-state index contributed by atoms with van der Waals surface area (Å²) in [7, 11) is 1.48. The second-order valence-electron chi connectivity index (χ2n) is 2.63. The molecule has 0 spiro atoms. The van der Waals surface area contributed by atoms with E-state index in [-0.39, 0.29) is 6.54 Å². The lowest BCUT2D eigenvalue weighted by Crippen LogP contribution is -2.56. The Labute approximate surface area is 68.7 Å². The number of carbonyl (C=O) groups excluding carboxylic acids is 3. The van der Waals surface area contributed by atoms with Gasteiger partial charge in [0.15, 0.2) is 0 Å². The van der Waals surface area contributed by atoms with Crippen LogP contribution < -0.4 is 11.1 Å². The fourth-order valence-corrected chi connectivity index (χ4v) is 0.947. The van der Waals surface area contributed by atoms with Crippen LogP contribution in [0.15, 0.2) is 0 Å². The number of primary amides is 1. The first kappa shape index (κ1) is 8.51. The predicted molar refractivity (Wildman–Crippen MR) is 38.9 cm³/mol. The van der Waals surface area contributed by atoms with Crippen molar-refractivity contribution in [1.29, 1.82) is 0 Å². The van der Waals surface area contributed by atoms with Crippen LogP contribution in [-0.2, 0) is 9.59 Å². The number of hydrogen-bond donors (Lipinski definition) is 2. The normalized spacial score (nSPS) is 23.8. The Morgan fingerprint density at radius 1 is 1.67 bits per heavy atom. The van der Waals surface area contributed by atoms with Crippen molar-refractivity contribution in [1.82, 2.24) is 10.2 Å². The summed E-state index contributed by atoms with van der Waals surface area (Å²) in [5.74, 6) is -2.26. The summed E-state index contributed by atoms with van der Waals surface area (Å²) in [6, 6.07) is -0.502. The lowest BCUT2D eigenvalue weighted by atomic mass is 10.1. The summed E-state index contributed by atoms with van der Waals surface area (Å²) >= 11 is 0. The van der Waals surface area contributed by atoms with Gasteiger partial charge in [0.05, 0.1) is 0 Å². The molecular weight excluding hydrogens is 162 g/mol. The molecule has 1 fully saturated rings. The molecule has 1 aliphatic rings. The van der Waals surface area contributed by atoms with E-state index in [0.717, 1.165) is 0 Å². The van der Waals surface area contributed by atoms with E-state index in [2.05, 4.69) is 0 Å². The van der Waals surface area contributed by atoms with Crippen molar-refractivity contribution in [2.75, 3.05) is 13.6 Å². The summed E-state index contributed by atoms with van der Waals surface area (Å²) in [4.78, 5) is 33.6. The van der Waals surface area contributed by atoms with Crippen LogP contribution in [0.1, 0.15) is 0 Å². The molecule has 0 aromatic rings. The SMILES string of the molecule is CN1CC(C(N)=O)C(=O)NC1=O. The highest BCUT2D eigenvalue weighted by atomic mass is 16.2. The third-order valence-corrected chi connectivity index (χ3v) is 1.69. The van der Waals surface area contributed by atoms with Crippen molar-refractivity contribution in [3.8, 4) is 0 Å². The quantitative estimate of drug-likeness (QED) is 0.459. The zero-order chi connectivity index (χ0) is 9.30. The van der Waals surface area contributed by atoms with Gasteiger partial charge in [-0.25, -0.2) is 4.79 Å². The fraction of sp³-hybridized carbons (Fsp3) is 0.500. The number of carbonyl (C=O) groups is 3. The molecule has 1 aliphatic heterocycles. The van der Waals surface area contributed by atoms with Crippen molar-refractivity contribution in [2.24, 2.45) is 11.7 Å². The molecule has 3 N–H and O–H groups in total. The van der Waals surface area contributed by atoms with E-state index < -0.39 is 23.8 Å². The van der Waals surface area contributed by atoms with Crippen molar-refractivity contribution >= 4 is 17.8 Å². The van der Waals surface area contributed by atoms with Crippen LogP contribution in [0.2, 0.25) is 0 Å². The third-order valence-electron chi connectivity index (χ3n) is 1.69. The minimum Gasteiger partial charge on any atom is -0.369 e. The van der Waals surface area contributed by atoms with E-state index in [1.807, 2.05) is 5.32 Å². The van der Waals surface area contributed by atoms with Gasteiger partial charge in [0, 0.05) is 13.6 Å². The summed E-state index contributed by atoms with van der Waals surface area (Å²) in [5, 5.41) is 2.01. The topological polar surface area (TPSA) is 92.5 Å². The van der Waals surface area contributed by atoms with Gasteiger partial charge in [-0.05, 0) is 0 Å². The van der Waals surface area contributed by atoms with Crippen LogP contribution in [-0.4, -0.2) is 36.3 Å². The smallest absolute Gasteiger partial charge is 0.323 e. The Morgan fingerprint density at radius 3 is 2.75 bits per heavy atom. The first-order chi connectivity index (χ1) is 5.52. The molecule has 66 valence electrons. The highest BCUT2D eigenvalue weighted by Crippen LogP contribution is 2.04.